The minimum absolute atomic E-state index is 0. The molecule has 0 fully saturated rings. The van der Waals surface area contributed by atoms with Crippen molar-refractivity contribution >= 4 is 24.0 Å². The first kappa shape index (κ1) is 21.3. The molecule has 4 nitrogen and oxygen atoms in total. The number of carbonyl (C=O) groups is 1. The number of amides is 1. The predicted octanol–water partition coefficient (Wildman–Crippen LogP) is 3.33. The molecule has 0 saturated heterocycles. The first-order valence-electron chi connectivity index (χ1n) is 8.49. The molecule has 3 rings (SSSR count). The molecule has 1 aliphatic rings. The van der Waals surface area contributed by atoms with Gasteiger partial charge in [0.25, 0.3) is 0 Å². The summed E-state index contributed by atoms with van der Waals surface area (Å²) < 4.78 is 27.7. The van der Waals surface area contributed by atoms with Gasteiger partial charge in [0.15, 0.2) is 0 Å². The quantitative estimate of drug-likeness (QED) is 0.815. The molecule has 2 atom stereocenters. The zero-order valence-electron chi connectivity index (χ0n) is 15.4. The van der Waals surface area contributed by atoms with E-state index >= 15 is 0 Å². The average Bonchev–Trinajstić information content (AvgIpc) is 2.76. The Bertz CT molecular complexity index is 824. The van der Waals surface area contributed by atoms with Gasteiger partial charge in [0.1, 0.15) is 11.6 Å². The van der Waals surface area contributed by atoms with Crippen molar-refractivity contribution in [3.63, 3.8) is 0 Å². The van der Waals surface area contributed by atoms with Gasteiger partial charge in [-0.1, -0.05) is 18.2 Å². The maximum absolute atomic E-state index is 13.8. The molecule has 1 aliphatic heterocycles. The van der Waals surface area contributed by atoms with Crippen molar-refractivity contribution in [2.75, 3.05) is 18.5 Å². The Balaban J connectivity index is 0.00000261. The van der Waals surface area contributed by atoms with Crippen LogP contribution >= 0.6 is 12.4 Å². The fourth-order valence-electron chi connectivity index (χ4n) is 3.62. The Kier molecular flexibility index (Phi) is 6.24. The van der Waals surface area contributed by atoms with Gasteiger partial charge in [-0.05, 0) is 50.2 Å². The summed E-state index contributed by atoms with van der Waals surface area (Å²) in [7, 11) is 1.66. The molecule has 27 heavy (non-hydrogen) atoms. The molecule has 0 radical (unpaired) electrons. The van der Waals surface area contributed by atoms with Crippen LogP contribution in [-0.4, -0.2) is 30.7 Å². The molecule has 0 saturated carbocycles. The van der Waals surface area contributed by atoms with Gasteiger partial charge in [-0.3, -0.25) is 4.79 Å². The van der Waals surface area contributed by atoms with Gasteiger partial charge in [-0.15, -0.1) is 12.4 Å². The van der Waals surface area contributed by atoms with Crippen LogP contribution in [0.15, 0.2) is 42.5 Å². The van der Waals surface area contributed by atoms with Crippen molar-refractivity contribution < 1.29 is 18.7 Å². The number of rotatable bonds is 5. The number of hydrogen-bond acceptors (Lipinski definition) is 3. The number of para-hydroxylation sites is 1. The van der Waals surface area contributed by atoms with E-state index in [1.807, 2.05) is 26.0 Å². The number of benzene rings is 2. The maximum Gasteiger partial charge on any atom is 0.237 e. The van der Waals surface area contributed by atoms with Crippen LogP contribution in [0.4, 0.5) is 14.5 Å². The molecule has 0 bridgehead atoms. The standard InChI is InChI=1S/C20H22F2N2O2.ClH/c1-20(2)15-6-4-5-7-16(15)24(19(20)26)18(17(25)11-23-3)12-8-13(21)10-14(22)9-12;/h4-10,17-18,23,25H,11H2,1-3H3;1H/t17-,18+;/m1./s1. The van der Waals surface area contributed by atoms with Crippen LogP contribution in [0.3, 0.4) is 0 Å². The molecule has 2 N–H and O–H groups in total. The number of carbonyl (C=O) groups excluding carboxylic acids is 1. The fourth-order valence-corrected chi connectivity index (χ4v) is 3.62. The second kappa shape index (κ2) is 7.92. The van der Waals surface area contributed by atoms with Crippen LogP contribution in [0.25, 0.3) is 0 Å². The number of hydrogen-bond donors (Lipinski definition) is 2. The van der Waals surface area contributed by atoms with E-state index in [1.54, 1.807) is 19.2 Å². The van der Waals surface area contributed by atoms with E-state index < -0.39 is 29.2 Å². The SMILES string of the molecule is CNC[C@@H](O)[C@H](c1cc(F)cc(F)c1)N1C(=O)C(C)(C)c2ccccc21.Cl. The number of likely N-dealkylation sites (N-methyl/N-ethyl adjacent to an activating group) is 1. The third kappa shape index (κ3) is 3.70. The van der Waals surface area contributed by atoms with Gasteiger partial charge in [-0.25, -0.2) is 8.78 Å². The number of aliphatic hydroxyl groups excluding tert-OH is 1. The lowest BCUT2D eigenvalue weighted by Gasteiger charge is -2.34. The van der Waals surface area contributed by atoms with E-state index in [4.69, 9.17) is 0 Å². The first-order valence-corrected chi connectivity index (χ1v) is 8.49. The van der Waals surface area contributed by atoms with Crippen LogP contribution in [-0.2, 0) is 10.2 Å². The summed E-state index contributed by atoms with van der Waals surface area (Å²) in [4.78, 5) is 14.6. The fraction of sp³-hybridized carbons (Fsp3) is 0.350. The molecule has 0 aliphatic carbocycles. The van der Waals surface area contributed by atoms with E-state index in [2.05, 4.69) is 5.32 Å². The summed E-state index contributed by atoms with van der Waals surface area (Å²) in [6.45, 7) is 3.78. The summed E-state index contributed by atoms with van der Waals surface area (Å²) >= 11 is 0. The molecule has 0 unspecified atom stereocenters. The normalized spacial score (nSPS) is 17.3. The predicted molar refractivity (Wildman–Crippen MR) is 103 cm³/mol. The van der Waals surface area contributed by atoms with Crippen molar-refractivity contribution in [3.8, 4) is 0 Å². The highest BCUT2D eigenvalue weighted by Gasteiger charge is 2.48. The van der Waals surface area contributed by atoms with Crippen LogP contribution in [0.5, 0.6) is 0 Å². The first-order chi connectivity index (χ1) is 12.3. The van der Waals surface area contributed by atoms with Crippen molar-refractivity contribution in [2.45, 2.75) is 31.4 Å². The topological polar surface area (TPSA) is 52.6 Å². The van der Waals surface area contributed by atoms with Crippen molar-refractivity contribution in [3.05, 3.63) is 65.2 Å². The number of nitrogens with zero attached hydrogens (tertiary/aromatic N) is 1. The Labute approximate surface area is 163 Å². The summed E-state index contributed by atoms with van der Waals surface area (Å²) in [5.41, 5.74) is 0.891. The molecule has 0 aromatic heterocycles. The smallest absolute Gasteiger partial charge is 0.237 e. The number of halogens is 3. The van der Waals surface area contributed by atoms with Crippen LogP contribution in [0.1, 0.15) is 31.0 Å². The Morgan fingerprint density at radius 1 is 1.15 bits per heavy atom. The minimum Gasteiger partial charge on any atom is -0.389 e. The summed E-state index contributed by atoms with van der Waals surface area (Å²) in [5.74, 6) is -1.72. The third-order valence-corrected chi connectivity index (χ3v) is 4.87. The van der Waals surface area contributed by atoms with Gasteiger partial charge in [0.05, 0.1) is 17.6 Å². The molecule has 7 heteroatoms. The molecular formula is C20H23ClF2N2O2. The highest BCUT2D eigenvalue weighted by atomic mass is 35.5. The summed E-state index contributed by atoms with van der Waals surface area (Å²) in [6, 6.07) is 9.48. The Hall–Kier alpha value is -2.02. The van der Waals surface area contributed by atoms with E-state index in [1.165, 1.54) is 4.90 Å². The number of fused-ring (bicyclic) bond motifs is 1. The van der Waals surface area contributed by atoms with Crippen LogP contribution in [0.2, 0.25) is 0 Å². The van der Waals surface area contributed by atoms with Gasteiger partial charge < -0.3 is 15.3 Å². The molecule has 146 valence electrons. The van der Waals surface area contributed by atoms with E-state index in [-0.39, 0.29) is 30.4 Å². The largest absolute Gasteiger partial charge is 0.389 e. The average molecular weight is 397 g/mol. The summed E-state index contributed by atoms with van der Waals surface area (Å²) in [6.07, 6.45) is -1.05. The van der Waals surface area contributed by atoms with Gasteiger partial charge in [0, 0.05) is 18.3 Å². The second-order valence-corrected chi connectivity index (χ2v) is 7.09. The lowest BCUT2D eigenvalue weighted by atomic mass is 9.86. The van der Waals surface area contributed by atoms with Crippen molar-refractivity contribution in [2.24, 2.45) is 0 Å². The monoisotopic (exact) mass is 396 g/mol. The van der Waals surface area contributed by atoms with Gasteiger partial charge in [-0.2, -0.15) is 0 Å². The van der Waals surface area contributed by atoms with Crippen molar-refractivity contribution in [1.29, 1.82) is 0 Å². The molecule has 2 aromatic rings. The maximum atomic E-state index is 13.8. The zero-order valence-corrected chi connectivity index (χ0v) is 16.2. The highest BCUT2D eigenvalue weighted by molar-refractivity contribution is 6.08. The molecular weight excluding hydrogens is 374 g/mol. The lowest BCUT2D eigenvalue weighted by Crippen LogP contribution is -2.45. The Morgan fingerprint density at radius 3 is 2.33 bits per heavy atom. The highest BCUT2D eigenvalue weighted by Crippen LogP contribution is 2.46. The molecule has 1 amide bonds. The minimum atomic E-state index is -1.05. The zero-order chi connectivity index (χ0) is 19.1. The molecule has 0 spiro atoms. The van der Waals surface area contributed by atoms with Crippen LogP contribution < -0.4 is 10.2 Å². The van der Waals surface area contributed by atoms with Gasteiger partial charge >= 0.3 is 0 Å². The molecule has 2 aromatic carbocycles. The summed E-state index contributed by atoms with van der Waals surface area (Å²) in [5, 5.41) is 13.6. The van der Waals surface area contributed by atoms with Gasteiger partial charge in [0.2, 0.25) is 5.91 Å². The van der Waals surface area contributed by atoms with E-state index in [0.717, 1.165) is 23.8 Å². The van der Waals surface area contributed by atoms with E-state index in [0.29, 0.717) is 5.69 Å². The number of aliphatic hydroxyl groups is 1. The third-order valence-electron chi connectivity index (χ3n) is 4.87. The number of anilines is 1. The van der Waals surface area contributed by atoms with E-state index in [9.17, 15) is 18.7 Å². The Morgan fingerprint density at radius 2 is 1.74 bits per heavy atom. The lowest BCUT2D eigenvalue weighted by molar-refractivity contribution is -0.123. The van der Waals surface area contributed by atoms with Crippen molar-refractivity contribution in [1.82, 2.24) is 5.32 Å². The van der Waals surface area contributed by atoms with Crippen LogP contribution in [0, 0.1) is 11.6 Å². The molecule has 1 heterocycles. The second-order valence-electron chi connectivity index (χ2n) is 7.09. The number of nitrogens with one attached hydrogen (secondary N) is 1.